The fourth-order valence-electron chi connectivity index (χ4n) is 1.80. The van der Waals surface area contributed by atoms with Gasteiger partial charge in [0.1, 0.15) is 17.4 Å². The van der Waals surface area contributed by atoms with Gasteiger partial charge < -0.3 is 20.3 Å². The average molecular weight is 324 g/mol. The van der Waals surface area contributed by atoms with Crippen LogP contribution in [0, 0.1) is 0 Å². The van der Waals surface area contributed by atoms with Gasteiger partial charge in [0.05, 0.1) is 6.10 Å². The largest absolute Gasteiger partial charge is 0.444 e. The zero-order valence-electron chi connectivity index (χ0n) is 13.9. The second kappa shape index (κ2) is 8.03. The number of pyridine rings is 1. The van der Waals surface area contributed by atoms with Gasteiger partial charge in [-0.3, -0.25) is 9.78 Å². The Balaban J connectivity index is 2.46. The number of Topliss-reactive ketones (excluding diaryl/α,β-unsaturated/α-hetero) is 1. The molecule has 0 saturated carbocycles. The highest BCUT2D eigenvalue weighted by Gasteiger charge is 2.20. The monoisotopic (exact) mass is 324 g/mol. The lowest BCUT2D eigenvalue weighted by Crippen LogP contribution is -2.34. The van der Waals surface area contributed by atoms with Gasteiger partial charge in [0, 0.05) is 25.2 Å². The number of aliphatic hydroxyl groups is 2. The summed E-state index contributed by atoms with van der Waals surface area (Å²) in [6, 6.07) is 3.03. The minimum atomic E-state index is -1.15. The van der Waals surface area contributed by atoms with Crippen molar-refractivity contribution < 1.29 is 24.5 Å². The Kier molecular flexibility index (Phi) is 6.65. The van der Waals surface area contributed by atoms with Gasteiger partial charge >= 0.3 is 6.09 Å². The minimum Gasteiger partial charge on any atom is -0.444 e. The van der Waals surface area contributed by atoms with Crippen LogP contribution in [0.2, 0.25) is 0 Å². The lowest BCUT2D eigenvalue weighted by molar-refractivity contribution is 0.0121. The number of aliphatic hydroxyl groups excluding tert-OH is 2. The van der Waals surface area contributed by atoms with E-state index in [9.17, 15) is 19.8 Å². The number of hydrogen-bond donors (Lipinski definition) is 3. The van der Waals surface area contributed by atoms with Crippen molar-refractivity contribution in [3.63, 3.8) is 0 Å². The van der Waals surface area contributed by atoms with Crippen LogP contribution in [0.1, 0.15) is 56.3 Å². The molecule has 7 nitrogen and oxygen atoms in total. The maximum atomic E-state index is 11.5. The summed E-state index contributed by atoms with van der Waals surface area (Å²) in [4.78, 5) is 26.5. The maximum Gasteiger partial charge on any atom is 0.407 e. The summed E-state index contributed by atoms with van der Waals surface area (Å²) >= 11 is 0. The molecule has 0 spiro atoms. The zero-order valence-corrected chi connectivity index (χ0v) is 13.9. The third-order valence-electron chi connectivity index (χ3n) is 2.96. The SMILES string of the molecule is CC(=O)c1ccc(C(O)C(O)CCNC(=O)OC(C)(C)C)cn1. The van der Waals surface area contributed by atoms with Crippen molar-refractivity contribution in [1.29, 1.82) is 0 Å². The predicted octanol–water partition coefficient (Wildman–Crippen LogP) is 1.59. The van der Waals surface area contributed by atoms with Gasteiger partial charge in [0.25, 0.3) is 0 Å². The molecule has 0 aromatic carbocycles. The van der Waals surface area contributed by atoms with Crippen molar-refractivity contribution in [2.24, 2.45) is 0 Å². The first-order chi connectivity index (χ1) is 10.6. The summed E-state index contributed by atoms with van der Waals surface area (Å²) in [7, 11) is 0. The number of nitrogens with zero attached hydrogens (tertiary/aromatic N) is 1. The molecule has 1 rings (SSSR count). The van der Waals surface area contributed by atoms with Gasteiger partial charge in [-0.05, 0) is 33.3 Å². The Morgan fingerprint density at radius 3 is 2.43 bits per heavy atom. The van der Waals surface area contributed by atoms with Gasteiger partial charge in [0.15, 0.2) is 5.78 Å². The highest BCUT2D eigenvalue weighted by molar-refractivity contribution is 5.91. The molecule has 2 unspecified atom stereocenters. The summed E-state index contributed by atoms with van der Waals surface area (Å²) in [5.41, 5.74) is 0.105. The van der Waals surface area contributed by atoms with Crippen molar-refractivity contribution in [1.82, 2.24) is 10.3 Å². The highest BCUT2D eigenvalue weighted by Crippen LogP contribution is 2.18. The lowest BCUT2D eigenvalue weighted by Gasteiger charge is -2.21. The number of carbonyl (C=O) groups is 2. The van der Waals surface area contributed by atoms with Crippen LogP contribution in [0.5, 0.6) is 0 Å². The van der Waals surface area contributed by atoms with E-state index in [-0.39, 0.29) is 18.7 Å². The van der Waals surface area contributed by atoms with Gasteiger partial charge in [-0.25, -0.2) is 4.79 Å². The van der Waals surface area contributed by atoms with Crippen LogP contribution >= 0.6 is 0 Å². The van der Waals surface area contributed by atoms with Crippen LogP contribution in [0.25, 0.3) is 0 Å². The highest BCUT2D eigenvalue weighted by atomic mass is 16.6. The molecule has 0 radical (unpaired) electrons. The summed E-state index contributed by atoms with van der Waals surface area (Å²) in [6.45, 7) is 6.82. The van der Waals surface area contributed by atoms with Crippen LogP contribution in [0.15, 0.2) is 18.3 Å². The van der Waals surface area contributed by atoms with Crippen molar-refractivity contribution in [2.75, 3.05) is 6.54 Å². The molecule has 0 aliphatic heterocycles. The number of carbonyl (C=O) groups excluding carboxylic acids is 2. The molecule has 1 aromatic rings. The normalized spacial score (nSPS) is 14.0. The van der Waals surface area contributed by atoms with Crippen molar-refractivity contribution in [3.05, 3.63) is 29.6 Å². The molecule has 0 bridgehead atoms. The van der Waals surface area contributed by atoms with Gasteiger partial charge in [-0.15, -0.1) is 0 Å². The van der Waals surface area contributed by atoms with Crippen LogP contribution in [0.4, 0.5) is 4.79 Å². The molecule has 7 heteroatoms. The molecule has 3 N–H and O–H groups in total. The number of ether oxygens (including phenoxy) is 1. The molecule has 0 saturated heterocycles. The van der Waals surface area contributed by atoms with E-state index in [2.05, 4.69) is 10.3 Å². The van der Waals surface area contributed by atoms with Crippen LogP contribution in [-0.4, -0.2) is 45.3 Å². The first-order valence-electron chi connectivity index (χ1n) is 7.40. The van der Waals surface area contributed by atoms with E-state index in [4.69, 9.17) is 4.74 Å². The standard InChI is InChI=1S/C16H24N2O5/c1-10(19)12-6-5-11(9-18-12)14(21)13(20)7-8-17-15(22)23-16(2,3)4/h5-6,9,13-14,20-21H,7-8H2,1-4H3,(H,17,22). The molecular weight excluding hydrogens is 300 g/mol. The smallest absolute Gasteiger partial charge is 0.407 e. The molecule has 23 heavy (non-hydrogen) atoms. The number of ketones is 1. The van der Waals surface area contributed by atoms with E-state index in [1.54, 1.807) is 26.8 Å². The fraction of sp³-hybridized carbons (Fsp3) is 0.562. The number of nitrogens with one attached hydrogen (secondary N) is 1. The molecule has 1 amide bonds. The predicted molar refractivity (Wildman–Crippen MR) is 84.1 cm³/mol. The Labute approximate surface area is 135 Å². The van der Waals surface area contributed by atoms with E-state index in [0.717, 1.165) is 0 Å². The number of aromatic nitrogens is 1. The second-order valence-electron chi connectivity index (χ2n) is 6.26. The number of hydrogen-bond acceptors (Lipinski definition) is 6. The Morgan fingerprint density at radius 1 is 1.30 bits per heavy atom. The van der Waals surface area contributed by atoms with Gasteiger partial charge in [-0.1, -0.05) is 6.07 Å². The van der Waals surface area contributed by atoms with Crippen molar-refractivity contribution in [2.45, 2.75) is 51.9 Å². The Bertz CT molecular complexity index is 536. The Morgan fingerprint density at radius 2 is 1.96 bits per heavy atom. The summed E-state index contributed by atoms with van der Waals surface area (Å²) < 4.78 is 5.06. The van der Waals surface area contributed by atoms with Crippen molar-refractivity contribution >= 4 is 11.9 Å². The van der Waals surface area contributed by atoms with Gasteiger partial charge in [-0.2, -0.15) is 0 Å². The lowest BCUT2D eigenvalue weighted by atomic mass is 10.0. The van der Waals surface area contributed by atoms with Crippen LogP contribution in [-0.2, 0) is 4.74 Å². The molecule has 2 atom stereocenters. The van der Waals surface area contributed by atoms with Crippen LogP contribution < -0.4 is 5.32 Å². The Hall–Kier alpha value is -1.99. The fourth-order valence-corrected chi connectivity index (χ4v) is 1.80. The molecule has 0 aliphatic rings. The number of rotatable bonds is 6. The number of alkyl carbamates (subject to hydrolysis) is 1. The summed E-state index contributed by atoms with van der Waals surface area (Å²) in [6.07, 6.45) is -1.30. The third-order valence-corrected chi connectivity index (χ3v) is 2.96. The summed E-state index contributed by atoms with van der Waals surface area (Å²) in [5, 5.41) is 22.5. The number of amides is 1. The second-order valence-corrected chi connectivity index (χ2v) is 6.26. The van der Waals surface area contributed by atoms with E-state index in [1.807, 2.05) is 0 Å². The topological polar surface area (TPSA) is 109 Å². The molecule has 0 fully saturated rings. The van der Waals surface area contributed by atoms with E-state index in [0.29, 0.717) is 11.3 Å². The first-order valence-corrected chi connectivity index (χ1v) is 7.40. The van der Waals surface area contributed by atoms with Crippen LogP contribution in [0.3, 0.4) is 0 Å². The summed E-state index contributed by atoms with van der Waals surface area (Å²) in [5.74, 6) is -0.173. The molecule has 1 heterocycles. The average Bonchev–Trinajstić information content (AvgIpc) is 2.44. The third kappa shape index (κ3) is 6.75. The molecule has 1 aromatic heterocycles. The first kappa shape index (κ1) is 19.1. The minimum absolute atomic E-state index is 0.148. The van der Waals surface area contributed by atoms with E-state index in [1.165, 1.54) is 19.2 Å². The maximum absolute atomic E-state index is 11.5. The molecule has 128 valence electrons. The molecular formula is C16H24N2O5. The molecule has 0 aliphatic carbocycles. The quantitative estimate of drug-likeness (QED) is 0.686. The zero-order chi connectivity index (χ0) is 17.6. The van der Waals surface area contributed by atoms with E-state index >= 15 is 0 Å². The van der Waals surface area contributed by atoms with E-state index < -0.39 is 23.9 Å². The van der Waals surface area contributed by atoms with Crippen molar-refractivity contribution in [3.8, 4) is 0 Å². The van der Waals surface area contributed by atoms with Gasteiger partial charge in [0.2, 0.25) is 0 Å².